The van der Waals surface area contributed by atoms with Gasteiger partial charge in [-0.15, -0.1) is 0 Å². The highest BCUT2D eigenvalue weighted by Gasteiger charge is 2.50. The number of anilines is 2. The Balaban J connectivity index is 1.60. The molecule has 0 saturated carbocycles. The highest BCUT2D eigenvalue weighted by molar-refractivity contribution is 6.18. The Morgan fingerprint density at radius 1 is 0.909 bits per heavy atom. The minimum absolute atomic E-state index is 0.232. The van der Waals surface area contributed by atoms with Crippen LogP contribution < -0.4 is 19.7 Å². The van der Waals surface area contributed by atoms with E-state index in [1.54, 1.807) is 53.4 Å². The van der Waals surface area contributed by atoms with Gasteiger partial charge in [-0.05, 0) is 30.3 Å². The smallest absolute Gasteiger partial charge is 0.264 e. The normalized spacial score (nSPS) is 16.1. The minimum Gasteiger partial charge on any atom is -0.493 e. The van der Waals surface area contributed by atoms with Crippen LogP contribution in [0.25, 0.3) is 0 Å². The third-order valence-corrected chi connectivity index (χ3v) is 5.85. The van der Waals surface area contributed by atoms with Crippen molar-refractivity contribution in [2.45, 2.75) is 6.17 Å². The number of hydrogen-bond acceptors (Lipinski definition) is 5. The number of hydrogen-bond donors (Lipinski definition) is 1. The maximum Gasteiger partial charge on any atom is 0.264 e. The molecule has 0 fully saturated rings. The zero-order valence-electron chi connectivity index (χ0n) is 18.1. The number of carbonyl (C=O) groups excluding carboxylic acids is 3. The number of fused-ring (bicyclic) bond motifs is 5. The molecule has 0 saturated heterocycles. The molecule has 0 aliphatic carbocycles. The molecule has 0 aromatic heterocycles. The Morgan fingerprint density at radius 3 is 2.36 bits per heavy atom. The summed E-state index contributed by atoms with van der Waals surface area (Å²) >= 11 is 0. The van der Waals surface area contributed by atoms with Crippen molar-refractivity contribution < 1.29 is 23.9 Å². The van der Waals surface area contributed by atoms with Gasteiger partial charge in [0.05, 0.1) is 31.0 Å². The average Bonchev–Trinajstić information content (AvgIpc) is 3.14. The second-order valence-electron chi connectivity index (χ2n) is 7.68. The fraction of sp³-hybridized carbons (Fsp3) is 0.160. The van der Waals surface area contributed by atoms with Crippen molar-refractivity contribution in [3.05, 3.63) is 83.4 Å². The number of para-hydroxylation sites is 2. The number of carbonyl (C=O) groups is 3. The summed E-state index contributed by atoms with van der Waals surface area (Å²) in [5.74, 6) is -0.301. The zero-order chi connectivity index (χ0) is 23.1. The Morgan fingerprint density at radius 2 is 1.64 bits per heavy atom. The van der Waals surface area contributed by atoms with E-state index in [9.17, 15) is 14.4 Å². The summed E-state index contributed by atoms with van der Waals surface area (Å²) in [5, 5.41) is 2.81. The molecule has 0 radical (unpaired) electrons. The number of nitrogens with zero attached hydrogens (tertiary/aromatic N) is 2. The van der Waals surface area contributed by atoms with Crippen molar-refractivity contribution in [2.24, 2.45) is 0 Å². The Bertz CT molecular complexity index is 1270. The molecule has 0 spiro atoms. The molecule has 0 unspecified atom stereocenters. The summed E-state index contributed by atoms with van der Waals surface area (Å²) in [6.07, 6.45) is -0.781. The van der Waals surface area contributed by atoms with E-state index in [0.29, 0.717) is 39.6 Å². The molecule has 3 aromatic rings. The van der Waals surface area contributed by atoms with Crippen LogP contribution in [0.4, 0.5) is 11.4 Å². The van der Waals surface area contributed by atoms with Gasteiger partial charge in [-0.2, -0.15) is 0 Å². The van der Waals surface area contributed by atoms with Crippen LogP contribution in [0.2, 0.25) is 0 Å². The van der Waals surface area contributed by atoms with Gasteiger partial charge in [0.1, 0.15) is 12.7 Å². The monoisotopic (exact) mass is 443 g/mol. The van der Waals surface area contributed by atoms with Crippen LogP contribution in [0.15, 0.2) is 66.7 Å². The van der Waals surface area contributed by atoms with Gasteiger partial charge in [0.15, 0.2) is 11.5 Å². The van der Waals surface area contributed by atoms with Gasteiger partial charge in [0.25, 0.3) is 11.8 Å². The molecule has 2 aliphatic rings. The zero-order valence-corrected chi connectivity index (χ0v) is 18.1. The van der Waals surface area contributed by atoms with E-state index in [-0.39, 0.29) is 24.3 Å². The minimum atomic E-state index is -0.781. The van der Waals surface area contributed by atoms with E-state index in [1.807, 2.05) is 18.2 Å². The first kappa shape index (κ1) is 20.6. The third kappa shape index (κ3) is 3.18. The first-order valence-corrected chi connectivity index (χ1v) is 10.4. The summed E-state index contributed by atoms with van der Waals surface area (Å²) in [6, 6.07) is 19.3. The number of benzene rings is 3. The van der Waals surface area contributed by atoms with Crippen LogP contribution in [-0.4, -0.2) is 43.4 Å². The van der Waals surface area contributed by atoms with E-state index in [0.717, 1.165) is 0 Å². The lowest BCUT2D eigenvalue weighted by Gasteiger charge is -2.40. The van der Waals surface area contributed by atoms with Crippen LogP contribution in [0.5, 0.6) is 11.5 Å². The van der Waals surface area contributed by atoms with Gasteiger partial charge in [0, 0.05) is 11.3 Å². The molecule has 3 aromatic carbocycles. The van der Waals surface area contributed by atoms with Gasteiger partial charge in [-0.25, -0.2) is 0 Å². The number of nitrogens with one attached hydrogen (secondary N) is 1. The lowest BCUT2D eigenvalue weighted by Crippen LogP contribution is -2.50. The van der Waals surface area contributed by atoms with Crippen LogP contribution in [0.1, 0.15) is 32.4 Å². The molecule has 33 heavy (non-hydrogen) atoms. The first-order chi connectivity index (χ1) is 16.0. The fourth-order valence-corrected chi connectivity index (χ4v) is 4.46. The summed E-state index contributed by atoms with van der Waals surface area (Å²) in [6.45, 7) is -0.232. The molecule has 5 rings (SSSR count). The maximum atomic E-state index is 13.6. The van der Waals surface area contributed by atoms with Gasteiger partial charge >= 0.3 is 0 Å². The standard InChI is InChI=1S/C25H21N3O5/c1-32-19-13-12-17-21(22(19)33-2)25(31)28-18-11-7-6-10-16(18)24(30)27(23(17)28)14-20(29)26-15-8-4-3-5-9-15/h3-13,23H,14H2,1-2H3,(H,26,29)/t23-/m0/s1. The number of rotatable bonds is 5. The molecule has 1 N–H and O–H groups in total. The summed E-state index contributed by atoms with van der Waals surface area (Å²) in [4.78, 5) is 43.0. The molecular weight excluding hydrogens is 422 g/mol. The highest BCUT2D eigenvalue weighted by atomic mass is 16.5. The van der Waals surface area contributed by atoms with Gasteiger partial charge in [-0.3, -0.25) is 19.3 Å². The predicted octanol–water partition coefficient (Wildman–Crippen LogP) is 3.46. The summed E-state index contributed by atoms with van der Waals surface area (Å²) in [7, 11) is 2.96. The van der Waals surface area contributed by atoms with E-state index in [1.165, 1.54) is 19.1 Å². The van der Waals surface area contributed by atoms with Crippen molar-refractivity contribution in [3.63, 3.8) is 0 Å². The lowest BCUT2D eigenvalue weighted by molar-refractivity contribution is -0.117. The van der Waals surface area contributed by atoms with Gasteiger partial charge in [-0.1, -0.05) is 36.4 Å². The van der Waals surface area contributed by atoms with E-state index in [4.69, 9.17) is 9.47 Å². The first-order valence-electron chi connectivity index (χ1n) is 10.4. The van der Waals surface area contributed by atoms with Crippen molar-refractivity contribution >= 4 is 29.1 Å². The van der Waals surface area contributed by atoms with Gasteiger partial charge < -0.3 is 19.7 Å². The van der Waals surface area contributed by atoms with Crippen LogP contribution in [-0.2, 0) is 4.79 Å². The van der Waals surface area contributed by atoms with Crippen molar-refractivity contribution in [1.82, 2.24) is 4.90 Å². The maximum absolute atomic E-state index is 13.6. The van der Waals surface area contributed by atoms with Crippen LogP contribution >= 0.6 is 0 Å². The fourth-order valence-electron chi connectivity index (χ4n) is 4.46. The second-order valence-corrected chi connectivity index (χ2v) is 7.68. The second kappa shape index (κ2) is 7.98. The molecular formula is C25H21N3O5. The van der Waals surface area contributed by atoms with Gasteiger partial charge in [0.2, 0.25) is 5.91 Å². The Hall–Kier alpha value is -4.33. The predicted molar refractivity (Wildman–Crippen MR) is 122 cm³/mol. The number of amides is 3. The largest absolute Gasteiger partial charge is 0.493 e. The molecule has 166 valence electrons. The van der Waals surface area contributed by atoms with Crippen molar-refractivity contribution in [3.8, 4) is 11.5 Å². The molecule has 2 aliphatic heterocycles. The molecule has 0 bridgehead atoms. The van der Waals surface area contributed by atoms with E-state index >= 15 is 0 Å². The number of methoxy groups -OCH3 is 2. The highest BCUT2D eigenvalue weighted by Crippen LogP contribution is 2.49. The average molecular weight is 443 g/mol. The SMILES string of the molecule is COc1ccc2c(c1OC)C(=O)N1c3ccccc3C(=O)N(CC(=O)Nc3ccccc3)[C@H]21. The Labute approximate surface area is 190 Å². The summed E-state index contributed by atoms with van der Waals surface area (Å²) in [5.41, 5.74) is 2.37. The topological polar surface area (TPSA) is 88.2 Å². The lowest BCUT2D eigenvalue weighted by atomic mass is 10.0. The van der Waals surface area contributed by atoms with Crippen LogP contribution in [0.3, 0.4) is 0 Å². The molecule has 3 amide bonds. The summed E-state index contributed by atoms with van der Waals surface area (Å²) < 4.78 is 10.9. The Kier molecular flexibility index (Phi) is 4.97. The van der Waals surface area contributed by atoms with E-state index in [2.05, 4.69) is 5.32 Å². The quantitative estimate of drug-likeness (QED) is 0.653. The van der Waals surface area contributed by atoms with Crippen molar-refractivity contribution in [1.29, 1.82) is 0 Å². The van der Waals surface area contributed by atoms with E-state index < -0.39 is 6.17 Å². The van der Waals surface area contributed by atoms with Crippen LogP contribution in [0, 0.1) is 0 Å². The van der Waals surface area contributed by atoms with Crippen molar-refractivity contribution in [2.75, 3.05) is 31.0 Å². The molecule has 8 nitrogen and oxygen atoms in total. The number of ether oxygens (including phenoxy) is 2. The molecule has 2 heterocycles. The molecule has 1 atom stereocenters. The molecule has 8 heteroatoms. The third-order valence-electron chi connectivity index (χ3n) is 5.85.